The molecule has 19 heteroatoms. The standard InChI is InChI=1S/C52H44F3N5O8S3/c53-52(54,55)71(64,65)66-31-30-36-32-69-48-43(47(62)60(48)44(36)49(63)67-45(34-18-6-1-7-19-34)35-20-8-2-9-21-35)57-46(61)42(59-68-40-28-16-17-29-40)41-33-70-50(56-41)58-51(37-22-10-3-11-23-37,38-24-12-4-13-25-38)39-26-14-5-15-27-39/h1-15,18-27,30-31,33,40,43,45,48H,16-17,28-29,32H2,(H,56,58)(H,57,61)/t43?,48-/m1/s1. The molecule has 1 saturated carbocycles. The fourth-order valence-corrected chi connectivity index (χ4v) is 11.0. The van der Waals surface area contributed by atoms with Gasteiger partial charge in [-0.05, 0) is 65.1 Å². The number of aromatic nitrogens is 1. The molecule has 3 aliphatic rings. The molecular formula is C52H44F3N5O8S3. The molecule has 0 bridgehead atoms. The van der Waals surface area contributed by atoms with Crippen molar-refractivity contribution >= 4 is 61.8 Å². The summed E-state index contributed by atoms with van der Waals surface area (Å²) in [6.07, 6.45) is 3.22. The molecule has 9 rings (SSSR count). The smallest absolute Gasteiger partial charge is 0.448 e. The number of amides is 2. The van der Waals surface area contributed by atoms with Gasteiger partial charge in [-0.2, -0.15) is 21.6 Å². The first-order chi connectivity index (χ1) is 34.3. The highest BCUT2D eigenvalue weighted by molar-refractivity contribution is 8.00. The number of thiazole rings is 1. The van der Waals surface area contributed by atoms with E-state index in [9.17, 15) is 36.0 Å². The predicted octanol–water partition coefficient (Wildman–Crippen LogP) is 9.58. The largest absolute Gasteiger partial charge is 0.534 e. The number of hydrogen-bond donors (Lipinski definition) is 2. The van der Waals surface area contributed by atoms with Crippen LogP contribution in [0.5, 0.6) is 0 Å². The monoisotopic (exact) mass is 1020 g/mol. The summed E-state index contributed by atoms with van der Waals surface area (Å²) in [7, 11) is -6.05. The quantitative estimate of drug-likeness (QED) is 0.0131. The van der Waals surface area contributed by atoms with Crippen LogP contribution in [0.3, 0.4) is 0 Å². The number of nitrogens with zero attached hydrogens (tertiary/aromatic N) is 3. The lowest BCUT2D eigenvalue weighted by Gasteiger charge is -2.49. The van der Waals surface area contributed by atoms with Gasteiger partial charge >= 0.3 is 21.6 Å². The van der Waals surface area contributed by atoms with E-state index in [1.807, 2.05) is 91.0 Å². The van der Waals surface area contributed by atoms with Crippen molar-refractivity contribution in [2.24, 2.45) is 5.16 Å². The van der Waals surface area contributed by atoms with Crippen molar-refractivity contribution < 1.29 is 49.7 Å². The molecule has 5 aromatic carbocycles. The Hall–Kier alpha value is -7.22. The molecular weight excluding hydrogens is 976 g/mol. The molecule has 364 valence electrons. The predicted molar refractivity (Wildman–Crippen MR) is 263 cm³/mol. The minimum absolute atomic E-state index is 0.0704. The van der Waals surface area contributed by atoms with Gasteiger partial charge in [0.1, 0.15) is 40.7 Å². The second kappa shape index (κ2) is 21.0. The third-order valence-corrected chi connectivity index (χ3v) is 15.1. The van der Waals surface area contributed by atoms with E-state index >= 15 is 0 Å². The number of hydrogen-bond acceptors (Lipinski definition) is 13. The Kier molecular flexibility index (Phi) is 14.4. The molecule has 71 heavy (non-hydrogen) atoms. The molecule has 13 nitrogen and oxygen atoms in total. The Balaban J connectivity index is 1.02. The zero-order valence-corrected chi connectivity index (χ0v) is 39.9. The van der Waals surface area contributed by atoms with Crippen molar-refractivity contribution in [1.29, 1.82) is 0 Å². The Morgan fingerprint density at radius 2 is 1.31 bits per heavy atom. The van der Waals surface area contributed by atoms with Gasteiger partial charge in [0.2, 0.25) is 0 Å². The Bertz CT molecular complexity index is 2930. The van der Waals surface area contributed by atoms with Crippen LogP contribution in [0.15, 0.2) is 186 Å². The number of anilines is 1. The van der Waals surface area contributed by atoms with Crippen molar-refractivity contribution in [3.63, 3.8) is 0 Å². The first kappa shape index (κ1) is 48.8. The fraction of sp³-hybridized carbons (Fsp3) is 0.212. The van der Waals surface area contributed by atoms with Crippen LogP contribution in [-0.4, -0.2) is 70.6 Å². The number of allylic oxidation sites excluding steroid dienone is 1. The first-order valence-corrected chi connectivity index (χ1v) is 25.8. The number of rotatable bonds is 17. The molecule has 2 fully saturated rings. The highest BCUT2D eigenvalue weighted by Gasteiger charge is 2.55. The summed E-state index contributed by atoms with van der Waals surface area (Å²) in [6.45, 7) is 0. The van der Waals surface area contributed by atoms with Crippen LogP contribution in [0.2, 0.25) is 0 Å². The molecule has 1 saturated heterocycles. The summed E-state index contributed by atoms with van der Waals surface area (Å²) in [6, 6.07) is 45.9. The number of alkyl halides is 3. The second-order valence-corrected chi connectivity index (χ2v) is 20.1. The summed E-state index contributed by atoms with van der Waals surface area (Å²) in [5.41, 5.74) is -3.24. The van der Waals surface area contributed by atoms with Gasteiger partial charge in [-0.3, -0.25) is 14.5 Å². The number of carbonyl (C=O) groups excluding carboxylic acids is 3. The van der Waals surface area contributed by atoms with E-state index in [1.54, 1.807) is 66.0 Å². The van der Waals surface area contributed by atoms with E-state index in [0.29, 0.717) is 16.3 Å². The van der Waals surface area contributed by atoms with Crippen LogP contribution in [0.1, 0.15) is 65.3 Å². The first-order valence-electron chi connectivity index (χ1n) is 22.4. The zero-order valence-electron chi connectivity index (χ0n) is 37.5. The van der Waals surface area contributed by atoms with Gasteiger partial charge in [0.25, 0.3) is 11.8 Å². The van der Waals surface area contributed by atoms with Crippen molar-refractivity contribution in [3.05, 3.63) is 214 Å². The van der Waals surface area contributed by atoms with Crippen LogP contribution < -0.4 is 10.6 Å². The number of benzene rings is 5. The van der Waals surface area contributed by atoms with Gasteiger partial charge in [-0.25, -0.2) is 9.78 Å². The number of β-lactam (4-membered cyclic amide) rings is 1. The average Bonchev–Trinajstić information content (AvgIpc) is 4.10. The SMILES string of the molecule is O=C(NC1C(=O)N2C(C(=O)OC(c3ccccc3)c3ccccc3)=C(C=COS(=O)(=O)C(F)(F)F)CS[C@H]12)C(=NOC1CCCC1)c1csc(NC(c2ccccc2)(c2ccccc2)c2ccccc2)n1. The lowest BCUT2D eigenvalue weighted by Crippen LogP contribution is -2.71. The second-order valence-electron chi connectivity index (χ2n) is 16.6. The van der Waals surface area contributed by atoms with Crippen molar-refractivity contribution in [2.75, 3.05) is 11.1 Å². The van der Waals surface area contributed by atoms with Gasteiger partial charge in [0.15, 0.2) is 16.9 Å². The highest BCUT2D eigenvalue weighted by Crippen LogP contribution is 2.43. The van der Waals surface area contributed by atoms with E-state index in [1.165, 1.54) is 11.3 Å². The molecule has 2 amide bonds. The summed E-state index contributed by atoms with van der Waals surface area (Å²) >= 11 is 2.31. The molecule has 1 aliphatic carbocycles. The minimum Gasteiger partial charge on any atom is -0.448 e. The van der Waals surface area contributed by atoms with Gasteiger partial charge in [0, 0.05) is 11.1 Å². The van der Waals surface area contributed by atoms with E-state index < -0.39 is 56.5 Å². The lowest BCUT2D eigenvalue weighted by atomic mass is 9.77. The summed E-state index contributed by atoms with van der Waals surface area (Å²) in [4.78, 5) is 55.2. The maximum Gasteiger partial charge on any atom is 0.534 e. The number of halogens is 3. The Morgan fingerprint density at radius 3 is 1.83 bits per heavy atom. The van der Waals surface area contributed by atoms with Crippen LogP contribution >= 0.6 is 23.1 Å². The number of ether oxygens (including phenoxy) is 1. The highest BCUT2D eigenvalue weighted by atomic mass is 32.2. The van der Waals surface area contributed by atoms with Crippen LogP contribution in [-0.2, 0) is 43.8 Å². The van der Waals surface area contributed by atoms with Crippen LogP contribution in [0.25, 0.3) is 0 Å². The third kappa shape index (κ3) is 10.3. The minimum atomic E-state index is -6.05. The average molecular weight is 1020 g/mol. The van der Waals surface area contributed by atoms with Gasteiger partial charge in [-0.15, -0.1) is 23.1 Å². The van der Waals surface area contributed by atoms with E-state index in [2.05, 4.69) is 20.0 Å². The molecule has 1 aromatic heterocycles. The zero-order chi connectivity index (χ0) is 49.6. The number of nitrogens with one attached hydrogen (secondary N) is 2. The Morgan fingerprint density at radius 1 is 0.789 bits per heavy atom. The molecule has 2 aliphatic heterocycles. The third-order valence-electron chi connectivity index (χ3n) is 12.1. The van der Waals surface area contributed by atoms with Crippen LogP contribution in [0, 0.1) is 0 Å². The fourth-order valence-electron chi connectivity index (χ4n) is 8.66. The molecule has 0 spiro atoms. The van der Waals surface area contributed by atoms with E-state index in [-0.39, 0.29) is 40.8 Å². The number of esters is 1. The van der Waals surface area contributed by atoms with Crippen molar-refractivity contribution in [1.82, 2.24) is 15.2 Å². The number of fused-ring (bicyclic) bond motifs is 1. The van der Waals surface area contributed by atoms with Crippen molar-refractivity contribution in [3.8, 4) is 0 Å². The normalized spacial score (nSPS) is 17.7. The topological polar surface area (TPSA) is 166 Å². The van der Waals surface area contributed by atoms with E-state index in [4.69, 9.17) is 14.6 Å². The lowest BCUT2D eigenvalue weighted by molar-refractivity contribution is -0.154. The molecule has 3 heterocycles. The van der Waals surface area contributed by atoms with E-state index in [0.717, 1.165) is 65.1 Å². The molecule has 2 atom stereocenters. The number of oxime groups is 1. The van der Waals surface area contributed by atoms with Crippen molar-refractivity contribution in [2.45, 2.75) is 60.4 Å². The number of carbonyl (C=O) groups is 3. The maximum atomic E-state index is 14.5. The summed E-state index contributed by atoms with van der Waals surface area (Å²) in [5.74, 6) is -2.74. The Labute approximate surface area is 415 Å². The molecule has 0 radical (unpaired) electrons. The molecule has 6 aromatic rings. The van der Waals surface area contributed by atoms with Gasteiger partial charge in [-0.1, -0.05) is 157 Å². The summed E-state index contributed by atoms with van der Waals surface area (Å²) in [5, 5.41) is 12.0. The summed E-state index contributed by atoms with van der Waals surface area (Å²) < 4.78 is 73.3. The maximum absolute atomic E-state index is 14.5. The molecule has 2 N–H and O–H groups in total. The molecule has 1 unspecified atom stereocenters. The van der Waals surface area contributed by atoms with Gasteiger partial charge < -0.3 is 24.4 Å². The number of thioether (sulfide) groups is 1. The van der Waals surface area contributed by atoms with Gasteiger partial charge in [0.05, 0.1) is 0 Å². The van der Waals surface area contributed by atoms with Crippen LogP contribution in [0.4, 0.5) is 18.3 Å².